The number of nitrogens with two attached hydrogens (primary N) is 1. The van der Waals surface area contributed by atoms with Gasteiger partial charge in [-0.15, -0.1) is 0 Å². The zero-order valence-electron chi connectivity index (χ0n) is 20.8. The van der Waals surface area contributed by atoms with Gasteiger partial charge in [0.05, 0.1) is 21.7 Å². The molecule has 1 fully saturated rings. The summed E-state index contributed by atoms with van der Waals surface area (Å²) in [5.41, 5.74) is 1.42. The summed E-state index contributed by atoms with van der Waals surface area (Å²) in [4.78, 5) is 24.8. The standard InChI is InChI=1S/C27H24F3N5O3S/c1-34-9-11-35(12-10-34)26(36)20-4-2-3-19(13-20)25-21-14-17(5-7-23(21)32-16-33-25)18-6-8-24(39(31,37)38)22(15-18)27(28,29)30/h2-8,13-16H,9-12H2,1H3,(H2,31,37,38). The van der Waals surface area contributed by atoms with Crippen LogP contribution >= 0.6 is 0 Å². The molecule has 5 rings (SSSR count). The number of primary sulfonamides is 1. The monoisotopic (exact) mass is 555 g/mol. The van der Waals surface area contributed by atoms with Crippen LogP contribution in [0.4, 0.5) is 13.2 Å². The molecule has 3 aromatic carbocycles. The summed E-state index contributed by atoms with van der Waals surface area (Å²) >= 11 is 0. The summed E-state index contributed by atoms with van der Waals surface area (Å²) in [7, 11) is -2.58. The second kappa shape index (κ2) is 10.0. The van der Waals surface area contributed by atoms with Crippen molar-refractivity contribution in [3.05, 3.63) is 78.1 Å². The van der Waals surface area contributed by atoms with Crippen LogP contribution in [0.15, 0.2) is 71.9 Å². The Balaban J connectivity index is 1.57. The summed E-state index contributed by atoms with van der Waals surface area (Å²) in [6.45, 7) is 2.84. The normalized spacial score (nSPS) is 15.1. The third-order valence-electron chi connectivity index (χ3n) is 6.73. The van der Waals surface area contributed by atoms with Crippen molar-refractivity contribution >= 4 is 26.8 Å². The minimum atomic E-state index is -4.93. The van der Waals surface area contributed by atoms with Gasteiger partial charge < -0.3 is 9.80 Å². The van der Waals surface area contributed by atoms with Gasteiger partial charge in [-0.3, -0.25) is 4.79 Å². The summed E-state index contributed by atoms with van der Waals surface area (Å²) < 4.78 is 64.6. The van der Waals surface area contributed by atoms with Gasteiger partial charge in [0.25, 0.3) is 5.91 Å². The van der Waals surface area contributed by atoms with Gasteiger partial charge in [-0.1, -0.05) is 24.3 Å². The van der Waals surface area contributed by atoms with Crippen molar-refractivity contribution in [1.82, 2.24) is 19.8 Å². The largest absolute Gasteiger partial charge is 0.417 e. The molecule has 0 bridgehead atoms. The molecule has 1 saturated heterocycles. The number of aromatic nitrogens is 2. The first-order valence-corrected chi connectivity index (χ1v) is 13.5. The molecular formula is C27H24F3N5O3S. The van der Waals surface area contributed by atoms with Gasteiger partial charge in [0, 0.05) is 42.7 Å². The van der Waals surface area contributed by atoms with Crippen molar-refractivity contribution in [3.63, 3.8) is 0 Å². The summed E-state index contributed by atoms with van der Waals surface area (Å²) in [5, 5.41) is 5.57. The van der Waals surface area contributed by atoms with Gasteiger partial charge >= 0.3 is 6.18 Å². The summed E-state index contributed by atoms with van der Waals surface area (Å²) in [6.07, 6.45) is -3.55. The van der Waals surface area contributed by atoms with E-state index in [2.05, 4.69) is 14.9 Å². The van der Waals surface area contributed by atoms with E-state index in [1.54, 1.807) is 47.4 Å². The van der Waals surface area contributed by atoms with Crippen LogP contribution in [0.1, 0.15) is 15.9 Å². The Labute approximate surface area is 222 Å². The molecule has 0 spiro atoms. The van der Waals surface area contributed by atoms with Crippen LogP contribution in [0.3, 0.4) is 0 Å². The Morgan fingerprint density at radius 3 is 2.28 bits per heavy atom. The lowest BCUT2D eigenvalue weighted by Gasteiger charge is -2.32. The lowest BCUT2D eigenvalue weighted by molar-refractivity contribution is -0.139. The lowest BCUT2D eigenvalue weighted by Crippen LogP contribution is -2.47. The molecule has 8 nitrogen and oxygen atoms in total. The maximum atomic E-state index is 13.7. The molecule has 12 heteroatoms. The Morgan fingerprint density at radius 1 is 0.897 bits per heavy atom. The molecule has 202 valence electrons. The van der Waals surface area contributed by atoms with Crippen molar-refractivity contribution in [2.24, 2.45) is 5.14 Å². The molecule has 0 atom stereocenters. The van der Waals surface area contributed by atoms with Gasteiger partial charge in [0.1, 0.15) is 6.33 Å². The minimum absolute atomic E-state index is 0.0846. The molecule has 4 aromatic rings. The molecule has 1 aliphatic heterocycles. The first-order valence-electron chi connectivity index (χ1n) is 12.0. The van der Waals surface area contributed by atoms with Crippen molar-refractivity contribution in [2.45, 2.75) is 11.1 Å². The number of carbonyl (C=O) groups is 1. The van der Waals surface area contributed by atoms with E-state index in [9.17, 15) is 26.4 Å². The highest BCUT2D eigenvalue weighted by atomic mass is 32.2. The SMILES string of the molecule is CN1CCN(C(=O)c2cccc(-c3ncnc4ccc(-c5ccc(S(N)(=O)=O)c(C(F)(F)F)c5)cc34)c2)CC1. The topological polar surface area (TPSA) is 109 Å². The van der Waals surface area contributed by atoms with Gasteiger partial charge in [0.2, 0.25) is 10.0 Å². The Bertz CT molecular complexity index is 1680. The van der Waals surface area contributed by atoms with E-state index in [0.717, 1.165) is 25.2 Å². The number of carbonyl (C=O) groups excluding carboxylic acids is 1. The number of hydrogen-bond acceptors (Lipinski definition) is 6. The molecule has 39 heavy (non-hydrogen) atoms. The van der Waals surface area contributed by atoms with Gasteiger partial charge in [0.15, 0.2) is 0 Å². The number of amides is 1. The zero-order chi connectivity index (χ0) is 27.9. The smallest absolute Gasteiger partial charge is 0.336 e. The van der Waals surface area contributed by atoms with Crippen LogP contribution in [-0.2, 0) is 16.2 Å². The van der Waals surface area contributed by atoms with Gasteiger partial charge in [-0.05, 0) is 54.6 Å². The van der Waals surface area contributed by atoms with E-state index in [0.29, 0.717) is 46.4 Å². The predicted octanol–water partition coefficient (Wildman–Crippen LogP) is 4.02. The number of hydrogen-bond donors (Lipinski definition) is 1. The minimum Gasteiger partial charge on any atom is -0.336 e. The van der Waals surface area contributed by atoms with E-state index in [1.165, 1.54) is 12.4 Å². The van der Waals surface area contributed by atoms with Crippen molar-refractivity contribution in [1.29, 1.82) is 0 Å². The summed E-state index contributed by atoms with van der Waals surface area (Å²) in [5.74, 6) is -0.0846. The lowest BCUT2D eigenvalue weighted by atomic mass is 9.98. The molecule has 0 radical (unpaired) electrons. The number of fused-ring (bicyclic) bond motifs is 1. The molecule has 0 saturated carbocycles. The van der Waals surface area contributed by atoms with Crippen molar-refractivity contribution in [2.75, 3.05) is 33.2 Å². The first kappa shape index (κ1) is 26.7. The number of rotatable bonds is 4. The molecule has 0 aliphatic carbocycles. The highest BCUT2D eigenvalue weighted by molar-refractivity contribution is 7.89. The van der Waals surface area contributed by atoms with Crippen molar-refractivity contribution in [3.8, 4) is 22.4 Å². The van der Waals surface area contributed by atoms with Crippen LogP contribution in [0.5, 0.6) is 0 Å². The van der Waals surface area contributed by atoms with E-state index in [-0.39, 0.29) is 11.5 Å². The Hall–Kier alpha value is -3.87. The van der Waals surface area contributed by atoms with E-state index in [1.807, 2.05) is 7.05 Å². The van der Waals surface area contributed by atoms with Crippen LogP contribution < -0.4 is 5.14 Å². The first-order chi connectivity index (χ1) is 18.4. The van der Waals surface area contributed by atoms with Crippen LogP contribution in [0.25, 0.3) is 33.3 Å². The molecule has 0 unspecified atom stereocenters. The Morgan fingerprint density at radius 2 is 1.59 bits per heavy atom. The number of alkyl halides is 3. The van der Waals surface area contributed by atoms with Crippen LogP contribution in [-0.4, -0.2) is 67.3 Å². The fourth-order valence-electron chi connectivity index (χ4n) is 4.64. The van der Waals surface area contributed by atoms with Gasteiger partial charge in [-0.25, -0.2) is 23.5 Å². The quantitative estimate of drug-likeness (QED) is 0.408. The number of likely N-dealkylation sites (N-methyl/N-ethyl adjacent to an activating group) is 1. The van der Waals surface area contributed by atoms with E-state index in [4.69, 9.17) is 5.14 Å². The number of piperazine rings is 1. The number of benzene rings is 3. The van der Waals surface area contributed by atoms with E-state index >= 15 is 0 Å². The second-order valence-corrected chi connectivity index (χ2v) is 10.9. The highest BCUT2D eigenvalue weighted by Gasteiger charge is 2.36. The number of sulfonamides is 1. The molecule has 1 aromatic heterocycles. The third kappa shape index (κ3) is 5.49. The predicted molar refractivity (Wildman–Crippen MR) is 140 cm³/mol. The van der Waals surface area contributed by atoms with Crippen molar-refractivity contribution < 1.29 is 26.4 Å². The molecular weight excluding hydrogens is 531 g/mol. The average Bonchev–Trinajstić information content (AvgIpc) is 2.91. The third-order valence-corrected chi connectivity index (χ3v) is 7.70. The Kier molecular flexibility index (Phi) is 6.87. The highest BCUT2D eigenvalue weighted by Crippen LogP contribution is 2.37. The number of nitrogens with zero attached hydrogens (tertiary/aromatic N) is 4. The fraction of sp³-hybridized carbons (Fsp3) is 0.222. The summed E-state index contributed by atoms with van der Waals surface area (Å²) in [6, 6.07) is 14.8. The molecule has 1 amide bonds. The molecule has 2 N–H and O–H groups in total. The van der Waals surface area contributed by atoms with Crippen LogP contribution in [0, 0.1) is 0 Å². The average molecular weight is 556 g/mol. The second-order valence-electron chi connectivity index (χ2n) is 9.38. The number of halogens is 3. The van der Waals surface area contributed by atoms with E-state index < -0.39 is 26.7 Å². The maximum absolute atomic E-state index is 13.7. The zero-order valence-corrected chi connectivity index (χ0v) is 21.6. The molecule has 1 aliphatic rings. The van der Waals surface area contributed by atoms with Gasteiger partial charge in [-0.2, -0.15) is 13.2 Å². The fourth-order valence-corrected chi connectivity index (χ4v) is 5.38. The maximum Gasteiger partial charge on any atom is 0.417 e. The van der Waals surface area contributed by atoms with Crippen LogP contribution in [0.2, 0.25) is 0 Å². The molecule has 2 heterocycles.